The van der Waals surface area contributed by atoms with Gasteiger partial charge in [0.2, 0.25) is 0 Å². The Labute approximate surface area is 119 Å². The van der Waals surface area contributed by atoms with E-state index >= 15 is 0 Å². The molecule has 0 aliphatic carbocycles. The molecule has 0 rings (SSSR count). The van der Waals surface area contributed by atoms with E-state index in [4.69, 9.17) is 70.6 Å². The third kappa shape index (κ3) is 669. The molecule has 0 heterocycles. The molecule has 18 heavy (non-hydrogen) atoms. The molecule has 0 aliphatic rings. The van der Waals surface area contributed by atoms with Crippen LogP contribution in [0, 0.1) is 59.2 Å². The Morgan fingerprint density at radius 3 is 0.889 bits per heavy atom. The number of nitrogens with zero attached hydrogens (tertiary/aromatic N) is 5. The van der Waals surface area contributed by atoms with E-state index in [9.17, 15) is 0 Å². The van der Waals surface area contributed by atoms with Crippen molar-refractivity contribution in [3.8, 4) is 0 Å². The van der Waals surface area contributed by atoms with Gasteiger partial charge in [-0.15, -0.1) is 0 Å². The number of nitrogens with one attached hydrogen (secondary N) is 1. The van der Waals surface area contributed by atoms with Gasteiger partial charge in [-0.3, -0.25) is 0 Å². The van der Waals surface area contributed by atoms with Crippen LogP contribution in [-0.4, -0.2) is 26.2 Å². The molecule has 0 unspecified atom stereocenters. The Bertz CT molecular complexity index is 133. The van der Waals surface area contributed by atoms with Crippen molar-refractivity contribution < 1.29 is 17.1 Å². The summed E-state index contributed by atoms with van der Waals surface area (Å²) in [6.07, 6.45) is 0. The van der Waals surface area contributed by atoms with Crippen LogP contribution in [0.15, 0.2) is 0 Å². The van der Waals surface area contributed by atoms with Crippen LogP contribution in [0.4, 0.5) is 0 Å². The SMILES string of the molecule is NCCNCCN.[C-]#N.[C-]#N.[C-]#N.[C-]#N.[C-]#N.[Fe+5]. The van der Waals surface area contributed by atoms with Crippen molar-refractivity contribution in [2.45, 2.75) is 0 Å². The average Bonchev–Trinajstić information content (AvgIpc) is 2.50. The second-order valence-corrected chi connectivity index (χ2v) is 1.33. The van der Waals surface area contributed by atoms with Gasteiger partial charge in [-0.2, -0.15) is 0 Å². The molecule has 1 radical (unpaired) electrons. The van der Waals surface area contributed by atoms with Gasteiger partial charge in [-0.25, -0.2) is 0 Å². The molecule has 8 nitrogen and oxygen atoms in total. The van der Waals surface area contributed by atoms with E-state index in [1.54, 1.807) is 0 Å². The van der Waals surface area contributed by atoms with Gasteiger partial charge < -0.3 is 76.0 Å². The molecule has 0 saturated carbocycles. The first kappa shape index (κ1) is 44.6. The molecule has 0 bridgehead atoms. The minimum Gasteiger partial charge on any atom is -0.512 e. The Morgan fingerprint density at radius 1 is 0.611 bits per heavy atom. The van der Waals surface area contributed by atoms with Crippen LogP contribution >= 0.6 is 0 Å². The first-order chi connectivity index (χ1) is 8.41. The summed E-state index contributed by atoms with van der Waals surface area (Å²) in [6.45, 7) is 26.9. The summed E-state index contributed by atoms with van der Waals surface area (Å²) in [5.41, 5.74) is 10.3. The topological polar surface area (TPSA) is 183 Å². The van der Waals surface area contributed by atoms with E-state index < -0.39 is 0 Å². The summed E-state index contributed by atoms with van der Waals surface area (Å²) >= 11 is 0. The molecule has 0 aromatic heterocycles. The Morgan fingerprint density at radius 2 is 0.778 bits per heavy atom. The van der Waals surface area contributed by atoms with E-state index in [-0.39, 0.29) is 17.1 Å². The summed E-state index contributed by atoms with van der Waals surface area (Å²) in [4.78, 5) is 0. The molecular formula is C9H13FeN8. The smallest absolute Gasteiger partial charge is 0.512 e. The Hall–Kier alpha value is -2.15. The Balaban J connectivity index is -0.0000000189. The van der Waals surface area contributed by atoms with Crippen molar-refractivity contribution in [1.82, 2.24) is 5.32 Å². The van der Waals surface area contributed by atoms with Crippen molar-refractivity contribution >= 4 is 0 Å². The summed E-state index contributed by atoms with van der Waals surface area (Å²) in [6, 6.07) is 0. The van der Waals surface area contributed by atoms with Crippen molar-refractivity contribution in [3.05, 3.63) is 32.9 Å². The van der Waals surface area contributed by atoms with Gasteiger partial charge in [0.05, 0.1) is 0 Å². The van der Waals surface area contributed by atoms with Crippen molar-refractivity contribution in [2.24, 2.45) is 11.5 Å². The minimum absolute atomic E-state index is 0. The van der Waals surface area contributed by atoms with Crippen LogP contribution in [0.25, 0.3) is 0 Å². The van der Waals surface area contributed by atoms with Gasteiger partial charge >= 0.3 is 17.1 Å². The van der Waals surface area contributed by atoms with Crippen molar-refractivity contribution in [2.75, 3.05) is 26.2 Å². The molecule has 0 atom stereocenters. The fourth-order valence-electron chi connectivity index (χ4n) is 0.329. The standard InChI is InChI=1S/C4H13N3.5CN.Fe/c5-1-3-7-4-2-6;5*1-2;/h7H,1-6H2;;;;;;/q;5*-1;+5. The molecule has 0 saturated heterocycles. The van der Waals surface area contributed by atoms with Gasteiger partial charge in [0.15, 0.2) is 0 Å². The molecule has 0 spiro atoms. The summed E-state index contributed by atoms with van der Waals surface area (Å²) < 4.78 is 0. The maximum Gasteiger partial charge on any atom is 5.00 e. The molecule has 9 heteroatoms. The molecule has 0 aromatic rings. The minimum atomic E-state index is 0. The zero-order chi connectivity index (χ0) is 15.5. The van der Waals surface area contributed by atoms with Crippen molar-refractivity contribution in [3.63, 3.8) is 0 Å². The third-order valence-corrected chi connectivity index (χ3v) is 0.642. The summed E-state index contributed by atoms with van der Waals surface area (Å²) in [5, 5.41) is 34.3. The first-order valence-electron chi connectivity index (χ1n) is 3.64. The van der Waals surface area contributed by atoms with Crippen LogP contribution < -0.4 is 16.8 Å². The number of nitrogens with two attached hydrogens (primary N) is 2. The second-order valence-electron chi connectivity index (χ2n) is 1.33. The zero-order valence-corrected chi connectivity index (χ0v) is 10.7. The van der Waals surface area contributed by atoms with Crippen LogP contribution in [0.5, 0.6) is 0 Å². The van der Waals surface area contributed by atoms with Gasteiger partial charge in [0, 0.05) is 26.2 Å². The quantitative estimate of drug-likeness (QED) is 0.333. The molecule has 5 N–H and O–H groups in total. The van der Waals surface area contributed by atoms with Gasteiger partial charge in [0.25, 0.3) is 0 Å². The van der Waals surface area contributed by atoms with Crippen LogP contribution in [-0.2, 0) is 17.1 Å². The van der Waals surface area contributed by atoms with Crippen molar-refractivity contribution in [1.29, 1.82) is 26.3 Å². The summed E-state index contributed by atoms with van der Waals surface area (Å²) in [5.74, 6) is 0. The van der Waals surface area contributed by atoms with Gasteiger partial charge in [0.1, 0.15) is 0 Å². The fourth-order valence-corrected chi connectivity index (χ4v) is 0.329. The number of hydrogen-bond donors (Lipinski definition) is 3. The molecule has 97 valence electrons. The molecule has 0 aliphatic heterocycles. The van der Waals surface area contributed by atoms with E-state index in [0.29, 0.717) is 13.1 Å². The Kier molecular flexibility index (Phi) is 870. The van der Waals surface area contributed by atoms with E-state index in [1.807, 2.05) is 0 Å². The molecule has 0 fully saturated rings. The van der Waals surface area contributed by atoms with Crippen LogP contribution in [0.3, 0.4) is 0 Å². The predicted molar refractivity (Wildman–Crippen MR) is 55.8 cm³/mol. The molecular weight excluding hydrogens is 276 g/mol. The van der Waals surface area contributed by atoms with Gasteiger partial charge in [-0.1, -0.05) is 0 Å². The first-order valence-corrected chi connectivity index (χ1v) is 3.64. The van der Waals surface area contributed by atoms with Crippen LogP contribution in [0.2, 0.25) is 0 Å². The molecule has 0 aromatic carbocycles. The van der Waals surface area contributed by atoms with Crippen LogP contribution in [0.1, 0.15) is 0 Å². The van der Waals surface area contributed by atoms with E-state index in [0.717, 1.165) is 13.1 Å². The average molecular weight is 289 g/mol. The maximum atomic E-state index is 6.25. The van der Waals surface area contributed by atoms with E-state index in [2.05, 4.69) is 5.32 Å². The largest absolute Gasteiger partial charge is 5.00 e. The fraction of sp³-hybridized carbons (Fsp3) is 0.444. The van der Waals surface area contributed by atoms with E-state index in [1.165, 1.54) is 0 Å². The third-order valence-electron chi connectivity index (χ3n) is 0.642. The number of rotatable bonds is 4. The maximum absolute atomic E-state index is 6.25. The summed E-state index contributed by atoms with van der Waals surface area (Å²) in [7, 11) is 0. The second kappa shape index (κ2) is 351. The predicted octanol–water partition coefficient (Wildman–Crippen LogP) is -1.03. The molecule has 0 amide bonds. The zero-order valence-electron chi connectivity index (χ0n) is 9.57. The monoisotopic (exact) mass is 289 g/mol. The normalized spacial score (nSPS) is 4.22. The number of hydrogen-bond acceptors (Lipinski definition) is 8. The van der Waals surface area contributed by atoms with Gasteiger partial charge in [-0.05, 0) is 0 Å².